The number of thiazole rings is 1. The Kier molecular flexibility index (Phi) is 3.42. The molecule has 4 heteroatoms. The average molecular weight is 298 g/mol. The van der Waals surface area contributed by atoms with Crippen LogP contribution < -0.4 is 0 Å². The lowest BCUT2D eigenvalue weighted by atomic mass is 10.1. The van der Waals surface area contributed by atoms with Gasteiger partial charge in [-0.3, -0.25) is 0 Å². The zero-order valence-electron chi connectivity index (χ0n) is 9.07. The molecule has 1 heterocycles. The standard InChI is InChI=1S/C12H12BrNOS/c1-7-8(2)16-12(14-7)11(15)9-3-5-10(13)6-4-9/h3-6,11,15H,1-2H3. The Bertz CT molecular complexity index is 473. The molecule has 84 valence electrons. The Morgan fingerprint density at radius 3 is 2.38 bits per heavy atom. The molecule has 0 fully saturated rings. The van der Waals surface area contributed by atoms with Crippen molar-refractivity contribution >= 4 is 27.3 Å². The molecule has 16 heavy (non-hydrogen) atoms. The number of aliphatic hydroxyl groups excluding tert-OH is 1. The fourth-order valence-corrected chi connectivity index (χ4v) is 2.60. The van der Waals surface area contributed by atoms with Gasteiger partial charge in [0, 0.05) is 9.35 Å². The highest BCUT2D eigenvalue weighted by Gasteiger charge is 2.15. The maximum absolute atomic E-state index is 10.2. The van der Waals surface area contributed by atoms with E-state index in [1.807, 2.05) is 38.1 Å². The molecular weight excluding hydrogens is 286 g/mol. The van der Waals surface area contributed by atoms with Crippen molar-refractivity contribution in [3.05, 3.63) is 49.9 Å². The number of aromatic nitrogens is 1. The Labute approximate surface area is 107 Å². The second kappa shape index (κ2) is 4.65. The molecule has 0 aliphatic heterocycles. The zero-order chi connectivity index (χ0) is 11.7. The molecule has 0 aliphatic carbocycles. The van der Waals surface area contributed by atoms with E-state index in [0.717, 1.165) is 25.6 Å². The molecule has 2 nitrogen and oxygen atoms in total. The second-order valence-corrected chi connectivity index (χ2v) is 5.80. The summed E-state index contributed by atoms with van der Waals surface area (Å²) in [4.78, 5) is 5.52. The van der Waals surface area contributed by atoms with Crippen LogP contribution in [0.3, 0.4) is 0 Å². The summed E-state index contributed by atoms with van der Waals surface area (Å²) in [5, 5.41) is 10.9. The fourth-order valence-electron chi connectivity index (χ4n) is 1.40. The normalized spacial score (nSPS) is 12.8. The van der Waals surface area contributed by atoms with Crippen molar-refractivity contribution < 1.29 is 5.11 Å². The number of hydrogen-bond acceptors (Lipinski definition) is 3. The van der Waals surface area contributed by atoms with E-state index >= 15 is 0 Å². The van der Waals surface area contributed by atoms with Crippen molar-refractivity contribution in [1.82, 2.24) is 4.98 Å². The van der Waals surface area contributed by atoms with Gasteiger partial charge < -0.3 is 5.11 Å². The quantitative estimate of drug-likeness (QED) is 0.919. The van der Waals surface area contributed by atoms with Gasteiger partial charge in [0.15, 0.2) is 0 Å². The van der Waals surface area contributed by atoms with Crippen LogP contribution in [0.15, 0.2) is 28.7 Å². The Hall–Kier alpha value is -0.710. The van der Waals surface area contributed by atoms with E-state index in [4.69, 9.17) is 0 Å². The lowest BCUT2D eigenvalue weighted by Crippen LogP contribution is -1.98. The summed E-state index contributed by atoms with van der Waals surface area (Å²) >= 11 is 4.92. The predicted octanol–water partition coefficient (Wildman–Crippen LogP) is 3.60. The van der Waals surface area contributed by atoms with Gasteiger partial charge in [-0.25, -0.2) is 4.98 Å². The molecule has 1 unspecified atom stereocenters. The first kappa shape index (κ1) is 11.8. The van der Waals surface area contributed by atoms with Gasteiger partial charge in [0.2, 0.25) is 0 Å². The number of halogens is 1. The molecule has 1 aromatic heterocycles. The maximum atomic E-state index is 10.2. The van der Waals surface area contributed by atoms with Gasteiger partial charge in [0.05, 0.1) is 5.69 Å². The smallest absolute Gasteiger partial charge is 0.131 e. The minimum absolute atomic E-state index is 0.620. The van der Waals surface area contributed by atoms with Crippen LogP contribution in [0.25, 0.3) is 0 Å². The Balaban J connectivity index is 2.31. The maximum Gasteiger partial charge on any atom is 0.131 e. The molecule has 0 radical (unpaired) electrons. The highest BCUT2D eigenvalue weighted by molar-refractivity contribution is 9.10. The number of benzene rings is 1. The van der Waals surface area contributed by atoms with Gasteiger partial charge in [0.1, 0.15) is 11.1 Å². The lowest BCUT2D eigenvalue weighted by molar-refractivity contribution is 0.219. The first-order valence-corrected chi connectivity index (χ1v) is 6.56. The highest BCUT2D eigenvalue weighted by Crippen LogP contribution is 2.28. The van der Waals surface area contributed by atoms with Crippen molar-refractivity contribution in [3.63, 3.8) is 0 Å². The summed E-state index contributed by atoms with van der Waals surface area (Å²) in [6.07, 6.45) is -0.620. The first-order valence-electron chi connectivity index (χ1n) is 4.95. The molecule has 0 spiro atoms. The van der Waals surface area contributed by atoms with E-state index in [-0.39, 0.29) is 0 Å². The molecule has 2 rings (SSSR count). The van der Waals surface area contributed by atoms with Crippen molar-refractivity contribution in [3.8, 4) is 0 Å². The van der Waals surface area contributed by atoms with Gasteiger partial charge in [0.25, 0.3) is 0 Å². The largest absolute Gasteiger partial charge is 0.381 e. The molecule has 0 amide bonds. The molecule has 1 aromatic carbocycles. The third kappa shape index (κ3) is 2.34. The molecule has 0 bridgehead atoms. The summed E-state index contributed by atoms with van der Waals surface area (Å²) in [6.45, 7) is 3.98. The van der Waals surface area contributed by atoms with E-state index in [1.54, 1.807) is 11.3 Å². The molecule has 1 atom stereocenters. The van der Waals surface area contributed by atoms with Crippen molar-refractivity contribution in [2.45, 2.75) is 20.0 Å². The lowest BCUT2D eigenvalue weighted by Gasteiger charge is -2.07. The van der Waals surface area contributed by atoms with Crippen LogP contribution in [0.1, 0.15) is 27.2 Å². The predicted molar refractivity (Wildman–Crippen MR) is 69.8 cm³/mol. The molecule has 0 saturated heterocycles. The highest BCUT2D eigenvalue weighted by atomic mass is 79.9. The zero-order valence-corrected chi connectivity index (χ0v) is 11.5. The second-order valence-electron chi connectivity index (χ2n) is 3.65. The van der Waals surface area contributed by atoms with Crippen LogP contribution >= 0.6 is 27.3 Å². The van der Waals surface area contributed by atoms with Crippen LogP contribution in [0.5, 0.6) is 0 Å². The number of rotatable bonds is 2. The van der Waals surface area contributed by atoms with E-state index in [0.29, 0.717) is 0 Å². The number of aryl methyl sites for hydroxylation is 2. The average Bonchev–Trinajstić information content (AvgIpc) is 2.59. The van der Waals surface area contributed by atoms with Gasteiger partial charge in [-0.05, 0) is 31.5 Å². The molecule has 0 saturated carbocycles. The summed E-state index contributed by atoms with van der Waals surface area (Å²) < 4.78 is 1.01. The first-order chi connectivity index (χ1) is 7.58. The number of hydrogen-bond donors (Lipinski definition) is 1. The van der Waals surface area contributed by atoms with Crippen LogP contribution in [0.2, 0.25) is 0 Å². The Morgan fingerprint density at radius 2 is 1.88 bits per heavy atom. The third-order valence-corrected chi connectivity index (χ3v) is 4.12. The van der Waals surface area contributed by atoms with E-state index in [2.05, 4.69) is 20.9 Å². The van der Waals surface area contributed by atoms with E-state index in [9.17, 15) is 5.11 Å². The van der Waals surface area contributed by atoms with E-state index < -0.39 is 6.10 Å². The fraction of sp³-hybridized carbons (Fsp3) is 0.250. The Morgan fingerprint density at radius 1 is 1.25 bits per heavy atom. The van der Waals surface area contributed by atoms with Crippen LogP contribution in [-0.4, -0.2) is 10.1 Å². The molecule has 1 N–H and O–H groups in total. The minimum atomic E-state index is -0.620. The summed E-state index contributed by atoms with van der Waals surface area (Å²) in [5.41, 5.74) is 1.87. The van der Waals surface area contributed by atoms with Crippen molar-refractivity contribution in [2.24, 2.45) is 0 Å². The monoisotopic (exact) mass is 297 g/mol. The van der Waals surface area contributed by atoms with Crippen LogP contribution in [0.4, 0.5) is 0 Å². The topological polar surface area (TPSA) is 33.1 Å². The van der Waals surface area contributed by atoms with Crippen LogP contribution in [0, 0.1) is 13.8 Å². The van der Waals surface area contributed by atoms with Crippen molar-refractivity contribution in [1.29, 1.82) is 0 Å². The van der Waals surface area contributed by atoms with Gasteiger partial charge in [-0.15, -0.1) is 11.3 Å². The van der Waals surface area contributed by atoms with Crippen LogP contribution in [-0.2, 0) is 0 Å². The minimum Gasteiger partial charge on any atom is -0.381 e. The number of aliphatic hydroxyl groups is 1. The van der Waals surface area contributed by atoms with E-state index in [1.165, 1.54) is 0 Å². The summed E-state index contributed by atoms with van der Waals surface area (Å²) in [5.74, 6) is 0. The molecule has 2 aromatic rings. The third-order valence-electron chi connectivity index (χ3n) is 2.46. The van der Waals surface area contributed by atoms with Gasteiger partial charge in [-0.1, -0.05) is 28.1 Å². The molecule has 0 aliphatic rings. The summed E-state index contributed by atoms with van der Waals surface area (Å²) in [7, 11) is 0. The van der Waals surface area contributed by atoms with Crippen molar-refractivity contribution in [2.75, 3.05) is 0 Å². The van der Waals surface area contributed by atoms with Gasteiger partial charge >= 0.3 is 0 Å². The number of nitrogens with zero attached hydrogens (tertiary/aromatic N) is 1. The van der Waals surface area contributed by atoms with Gasteiger partial charge in [-0.2, -0.15) is 0 Å². The summed E-state index contributed by atoms with van der Waals surface area (Å²) in [6, 6.07) is 7.65. The molecular formula is C12H12BrNOS. The SMILES string of the molecule is Cc1nc(C(O)c2ccc(Br)cc2)sc1C.